The van der Waals surface area contributed by atoms with Gasteiger partial charge in [-0.3, -0.25) is 4.68 Å². The normalized spacial score (nSPS) is 14.3. The fourth-order valence-electron chi connectivity index (χ4n) is 3.69. The first kappa shape index (κ1) is 19.7. The van der Waals surface area contributed by atoms with Crippen LogP contribution < -0.4 is 9.47 Å². The number of hydrogen-bond acceptors (Lipinski definition) is 5. The fraction of sp³-hybridized carbons (Fsp3) is 0.182. The maximum Gasteiger partial charge on any atom is 0.586 e. The minimum absolute atomic E-state index is 0.0241. The highest BCUT2D eigenvalue weighted by molar-refractivity contribution is 9.10. The Morgan fingerprint density at radius 1 is 0.968 bits per heavy atom. The molecule has 2 aromatic carbocycles. The van der Waals surface area contributed by atoms with Crippen LogP contribution in [0.2, 0.25) is 0 Å². The van der Waals surface area contributed by atoms with Crippen LogP contribution in [0.1, 0.15) is 11.6 Å². The molecule has 0 spiro atoms. The number of fused-ring (bicyclic) bond motifs is 1. The molecule has 0 unspecified atom stereocenters. The molecule has 0 saturated carbocycles. The van der Waals surface area contributed by atoms with Gasteiger partial charge in [0.05, 0.1) is 11.4 Å². The topological polar surface area (TPSA) is 62.3 Å². The van der Waals surface area contributed by atoms with Crippen molar-refractivity contribution in [1.29, 1.82) is 0 Å². The second kappa shape index (κ2) is 6.91. The summed E-state index contributed by atoms with van der Waals surface area (Å²) in [5, 5.41) is 4.44. The van der Waals surface area contributed by atoms with E-state index in [9.17, 15) is 8.78 Å². The number of oxazole rings is 1. The SMILES string of the molecule is Cc1cc(-c2ccc(Br)cc2-c2oc(C)nc2-c2ccc3c(c2)OC(F)(F)O3)n(C)n1. The summed E-state index contributed by atoms with van der Waals surface area (Å²) in [4.78, 5) is 4.52. The minimum Gasteiger partial charge on any atom is -0.440 e. The molecule has 0 atom stereocenters. The van der Waals surface area contributed by atoms with Gasteiger partial charge >= 0.3 is 6.29 Å². The molecule has 9 heteroatoms. The number of halogens is 3. The third-order valence-electron chi connectivity index (χ3n) is 4.91. The van der Waals surface area contributed by atoms with Crippen LogP contribution in [0.15, 0.2) is 51.4 Å². The van der Waals surface area contributed by atoms with Crippen LogP contribution in [-0.2, 0) is 7.05 Å². The molecule has 1 aliphatic heterocycles. The van der Waals surface area contributed by atoms with E-state index in [0.29, 0.717) is 22.9 Å². The van der Waals surface area contributed by atoms with Crippen LogP contribution in [0.4, 0.5) is 8.78 Å². The van der Waals surface area contributed by atoms with E-state index in [4.69, 9.17) is 4.42 Å². The summed E-state index contributed by atoms with van der Waals surface area (Å²) in [7, 11) is 1.87. The monoisotopic (exact) mass is 487 g/mol. The minimum atomic E-state index is -3.68. The van der Waals surface area contributed by atoms with E-state index in [-0.39, 0.29) is 11.5 Å². The van der Waals surface area contributed by atoms with Crippen molar-refractivity contribution in [2.24, 2.45) is 7.05 Å². The summed E-state index contributed by atoms with van der Waals surface area (Å²) in [6.45, 7) is 3.66. The van der Waals surface area contributed by atoms with E-state index in [2.05, 4.69) is 35.5 Å². The average Bonchev–Trinajstić information content (AvgIpc) is 3.33. The molecule has 5 rings (SSSR count). The lowest BCUT2D eigenvalue weighted by molar-refractivity contribution is -0.286. The van der Waals surface area contributed by atoms with Gasteiger partial charge in [-0.25, -0.2) is 4.98 Å². The predicted molar refractivity (Wildman–Crippen MR) is 113 cm³/mol. The Kier molecular flexibility index (Phi) is 4.40. The van der Waals surface area contributed by atoms with E-state index in [0.717, 1.165) is 27.0 Å². The maximum atomic E-state index is 13.5. The van der Waals surface area contributed by atoms with Gasteiger partial charge in [0.15, 0.2) is 23.1 Å². The quantitative estimate of drug-likeness (QED) is 0.348. The smallest absolute Gasteiger partial charge is 0.440 e. The van der Waals surface area contributed by atoms with Gasteiger partial charge in [-0.15, -0.1) is 8.78 Å². The first-order valence-corrected chi connectivity index (χ1v) is 10.2. The van der Waals surface area contributed by atoms with E-state index in [1.165, 1.54) is 12.1 Å². The first-order valence-electron chi connectivity index (χ1n) is 9.39. The molecule has 2 aromatic heterocycles. The molecule has 0 amide bonds. The average molecular weight is 488 g/mol. The Morgan fingerprint density at radius 3 is 2.48 bits per heavy atom. The zero-order valence-electron chi connectivity index (χ0n) is 16.7. The van der Waals surface area contributed by atoms with Crippen molar-refractivity contribution < 1.29 is 22.7 Å². The number of rotatable bonds is 3. The highest BCUT2D eigenvalue weighted by Crippen LogP contribution is 2.45. The third-order valence-corrected chi connectivity index (χ3v) is 5.41. The van der Waals surface area contributed by atoms with Gasteiger partial charge in [-0.05, 0) is 43.3 Å². The van der Waals surface area contributed by atoms with E-state index in [1.807, 2.05) is 38.2 Å². The van der Waals surface area contributed by atoms with Crippen LogP contribution >= 0.6 is 15.9 Å². The molecule has 6 nitrogen and oxygen atoms in total. The number of nitrogens with zero attached hydrogens (tertiary/aromatic N) is 3. The molecule has 0 radical (unpaired) electrons. The van der Waals surface area contributed by atoms with Gasteiger partial charge in [0.25, 0.3) is 0 Å². The van der Waals surface area contributed by atoms with Crippen LogP contribution in [0.3, 0.4) is 0 Å². The fourth-order valence-corrected chi connectivity index (χ4v) is 4.05. The second-order valence-corrected chi connectivity index (χ2v) is 8.14. The molecule has 158 valence electrons. The zero-order chi connectivity index (χ0) is 21.9. The van der Waals surface area contributed by atoms with Gasteiger partial charge < -0.3 is 13.9 Å². The Morgan fingerprint density at radius 2 is 1.74 bits per heavy atom. The Bertz CT molecular complexity index is 1330. The number of ether oxygens (including phenoxy) is 2. The summed E-state index contributed by atoms with van der Waals surface area (Å²) >= 11 is 3.53. The number of alkyl halides is 2. The first-order chi connectivity index (χ1) is 14.7. The largest absolute Gasteiger partial charge is 0.586 e. The molecule has 3 heterocycles. The molecular weight excluding hydrogens is 472 g/mol. The molecule has 4 aromatic rings. The van der Waals surface area contributed by atoms with E-state index in [1.54, 1.807) is 17.7 Å². The van der Waals surface area contributed by atoms with Crippen molar-refractivity contribution in [2.45, 2.75) is 20.1 Å². The zero-order valence-corrected chi connectivity index (χ0v) is 18.3. The number of hydrogen-bond donors (Lipinski definition) is 0. The van der Waals surface area contributed by atoms with Crippen LogP contribution in [-0.4, -0.2) is 21.1 Å². The highest BCUT2D eigenvalue weighted by atomic mass is 79.9. The Labute approximate surface area is 184 Å². The molecule has 0 aliphatic carbocycles. The van der Waals surface area contributed by atoms with Crippen LogP contribution in [0.25, 0.3) is 33.8 Å². The summed E-state index contributed by atoms with van der Waals surface area (Å²) < 4.78 is 44.7. The van der Waals surface area contributed by atoms with Crippen molar-refractivity contribution in [3.63, 3.8) is 0 Å². The van der Waals surface area contributed by atoms with Gasteiger partial charge in [0, 0.05) is 35.1 Å². The van der Waals surface area contributed by atoms with Gasteiger partial charge in [-0.1, -0.05) is 22.0 Å². The molecular formula is C22H16BrF2N3O3. The lowest BCUT2D eigenvalue weighted by Gasteiger charge is -2.10. The van der Waals surface area contributed by atoms with Gasteiger partial charge in [0.1, 0.15) is 5.69 Å². The van der Waals surface area contributed by atoms with E-state index < -0.39 is 6.29 Å². The lowest BCUT2D eigenvalue weighted by Crippen LogP contribution is -2.25. The second-order valence-electron chi connectivity index (χ2n) is 7.22. The molecule has 0 bridgehead atoms. The Hall–Kier alpha value is -3.20. The molecule has 0 saturated heterocycles. The number of benzene rings is 2. The van der Waals surface area contributed by atoms with Crippen molar-refractivity contribution >= 4 is 15.9 Å². The third kappa shape index (κ3) is 3.48. The Balaban J connectivity index is 1.69. The van der Waals surface area contributed by atoms with Gasteiger partial charge in [0.2, 0.25) is 0 Å². The summed E-state index contributed by atoms with van der Waals surface area (Å²) in [5.74, 6) is 0.883. The summed E-state index contributed by atoms with van der Waals surface area (Å²) in [6.07, 6.45) is -3.68. The highest BCUT2D eigenvalue weighted by Gasteiger charge is 2.43. The van der Waals surface area contributed by atoms with Crippen molar-refractivity contribution in [2.75, 3.05) is 0 Å². The van der Waals surface area contributed by atoms with Crippen molar-refractivity contribution in [3.8, 4) is 45.3 Å². The van der Waals surface area contributed by atoms with Crippen molar-refractivity contribution in [3.05, 3.63) is 58.5 Å². The van der Waals surface area contributed by atoms with E-state index >= 15 is 0 Å². The number of aryl methyl sites for hydroxylation is 3. The van der Waals surface area contributed by atoms with Crippen molar-refractivity contribution in [1.82, 2.24) is 14.8 Å². The lowest BCUT2D eigenvalue weighted by atomic mass is 9.98. The molecule has 0 N–H and O–H groups in total. The number of aromatic nitrogens is 3. The molecule has 31 heavy (non-hydrogen) atoms. The molecule has 1 aliphatic rings. The standard InChI is InChI=1S/C22H16BrF2N3O3/c1-11-8-17(28(3)27-11)15-6-5-14(23)10-16(15)21-20(26-12(2)29-21)13-4-7-18-19(9-13)31-22(24,25)30-18/h4-10H,1-3H3. The predicted octanol–water partition coefficient (Wildman–Crippen LogP) is 6.11. The molecule has 0 fully saturated rings. The van der Waals surface area contributed by atoms with Crippen LogP contribution in [0, 0.1) is 13.8 Å². The summed E-state index contributed by atoms with van der Waals surface area (Å²) in [5.41, 5.74) is 4.56. The maximum absolute atomic E-state index is 13.5. The summed E-state index contributed by atoms with van der Waals surface area (Å²) in [6, 6.07) is 12.4. The van der Waals surface area contributed by atoms with Gasteiger partial charge in [-0.2, -0.15) is 5.10 Å². The van der Waals surface area contributed by atoms with Crippen LogP contribution in [0.5, 0.6) is 11.5 Å².